The number of hydrogen-bond donors (Lipinski definition) is 1. The Labute approximate surface area is 288 Å². The maximum atomic E-state index is 14.6. The van der Waals surface area contributed by atoms with Gasteiger partial charge in [0.1, 0.15) is 12.6 Å². The molecule has 0 aromatic heterocycles. The second-order valence-electron chi connectivity index (χ2n) is 11.9. The van der Waals surface area contributed by atoms with Gasteiger partial charge < -0.3 is 19.7 Å². The highest BCUT2D eigenvalue weighted by Crippen LogP contribution is 2.32. The molecule has 4 aromatic rings. The summed E-state index contributed by atoms with van der Waals surface area (Å²) in [5.74, 6) is -0.153. The Hall–Kier alpha value is -4.54. The summed E-state index contributed by atoms with van der Waals surface area (Å²) >= 11 is 6.33. The van der Waals surface area contributed by atoms with Gasteiger partial charge in [0.2, 0.25) is 11.8 Å². The Balaban J connectivity index is 1.82. The lowest BCUT2D eigenvalue weighted by Gasteiger charge is -2.34. The van der Waals surface area contributed by atoms with Crippen molar-refractivity contribution in [2.45, 2.75) is 44.7 Å². The van der Waals surface area contributed by atoms with Crippen molar-refractivity contribution in [3.8, 4) is 11.5 Å². The number of carbonyl (C=O) groups is 2. The predicted molar refractivity (Wildman–Crippen MR) is 189 cm³/mol. The molecule has 1 N–H and O–H groups in total. The summed E-state index contributed by atoms with van der Waals surface area (Å²) in [5, 5.41) is 3.46. The van der Waals surface area contributed by atoms with E-state index in [1.54, 1.807) is 42.5 Å². The third-order valence-corrected chi connectivity index (χ3v) is 9.75. The Morgan fingerprint density at radius 1 is 0.833 bits per heavy atom. The number of amides is 2. The summed E-state index contributed by atoms with van der Waals surface area (Å²) in [5.41, 5.74) is 2.74. The molecule has 4 aromatic carbocycles. The second-order valence-corrected chi connectivity index (χ2v) is 14.2. The van der Waals surface area contributed by atoms with Crippen LogP contribution in [0, 0.1) is 12.8 Å². The van der Waals surface area contributed by atoms with Crippen LogP contribution in [0.1, 0.15) is 30.5 Å². The number of nitrogens with zero attached hydrogens (tertiary/aromatic N) is 2. The summed E-state index contributed by atoms with van der Waals surface area (Å²) in [6.07, 6.45) is 0.212. The number of methoxy groups -OCH3 is 2. The van der Waals surface area contributed by atoms with Crippen LogP contribution in [0.5, 0.6) is 11.5 Å². The zero-order valence-electron chi connectivity index (χ0n) is 27.9. The van der Waals surface area contributed by atoms with Gasteiger partial charge in [-0.1, -0.05) is 85.6 Å². The first-order valence-electron chi connectivity index (χ1n) is 15.6. The Bertz CT molecular complexity index is 1800. The van der Waals surface area contributed by atoms with Crippen LogP contribution in [0.3, 0.4) is 0 Å². The van der Waals surface area contributed by atoms with E-state index in [0.717, 1.165) is 15.4 Å². The molecule has 0 spiro atoms. The third kappa shape index (κ3) is 9.29. The molecule has 0 aliphatic rings. The van der Waals surface area contributed by atoms with Gasteiger partial charge in [0.15, 0.2) is 11.5 Å². The molecule has 0 saturated carbocycles. The van der Waals surface area contributed by atoms with Crippen molar-refractivity contribution >= 4 is 39.1 Å². The SMILES string of the molecule is COc1ccc(S(=O)(=O)N(CC(=O)N(Cc2cccc(Cl)c2)C(Cc2ccccc2)C(=O)NCC(C)C)c2ccc(C)cc2)cc1OC. The molecule has 9 nitrogen and oxygen atoms in total. The van der Waals surface area contributed by atoms with Gasteiger partial charge in [-0.3, -0.25) is 13.9 Å². The number of aryl methyl sites for hydroxylation is 1. The maximum Gasteiger partial charge on any atom is 0.264 e. The minimum Gasteiger partial charge on any atom is -0.493 e. The van der Waals surface area contributed by atoms with E-state index in [0.29, 0.717) is 22.9 Å². The van der Waals surface area contributed by atoms with E-state index in [-0.39, 0.29) is 41.1 Å². The topological polar surface area (TPSA) is 105 Å². The molecule has 254 valence electrons. The number of ether oxygens (including phenoxy) is 2. The molecule has 2 amide bonds. The minimum absolute atomic E-state index is 0.0180. The standard InChI is InChI=1S/C37H42ClN3O6S/c1-26(2)23-39-37(43)33(21-28-10-7-6-8-11-28)40(24-29-12-9-13-30(38)20-29)36(42)25-41(31-16-14-27(3)15-17-31)48(44,45)32-18-19-34(46-4)35(22-32)47-5/h6-20,22,26,33H,21,23-25H2,1-5H3,(H,39,43). The number of sulfonamides is 1. The van der Waals surface area contributed by atoms with Gasteiger partial charge in [-0.25, -0.2) is 8.42 Å². The van der Waals surface area contributed by atoms with E-state index in [1.807, 2.05) is 57.2 Å². The normalized spacial score (nSPS) is 11.9. The highest BCUT2D eigenvalue weighted by atomic mass is 35.5. The van der Waals surface area contributed by atoms with Crippen LogP contribution in [0.15, 0.2) is 102 Å². The first kappa shape index (κ1) is 36.3. The molecular formula is C37H42ClN3O6S. The molecule has 4 rings (SSSR count). The van der Waals surface area contributed by atoms with Crippen molar-refractivity contribution in [3.05, 3.63) is 119 Å². The quantitative estimate of drug-likeness (QED) is 0.158. The van der Waals surface area contributed by atoms with Gasteiger partial charge in [0, 0.05) is 30.6 Å². The number of benzene rings is 4. The molecule has 0 fully saturated rings. The molecule has 48 heavy (non-hydrogen) atoms. The van der Waals surface area contributed by atoms with Crippen molar-refractivity contribution in [1.82, 2.24) is 10.2 Å². The molecule has 0 radical (unpaired) electrons. The highest BCUT2D eigenvalue weighted by Gasteiger charge is 2.35. The van der Waals surface area contributed by atoms with Crippen molar-refractivity contribution in [1.29, 1.82) is 0 Å². The van der Waals surface area contributed by atoms with Crippen molar-refractivity contribution in [2.24, 2.45) is 5.92 Å². The Kier molecular flexibility index (Phi) is 12.5. The lowest BCUT2D eigenvalue weighted by Crippen LogP contribution is -2.53. The molecule has 1 unspecified atom stereocenters. The van der Waals surface area contributed by atoms with Crippen LogP contribution in [0.25, 0.3) is 0 Å². The van der Waals surface area contributed by atoms with Gasteiger partial charge in [0.05, 0.1) is 24.8 Å². The first-order chi connectivity index (χ1) is 22.9. The third-order valence-electron chi connectivity index (χ3n) is 7.74. The van der Waals surface area contributed by atoms with Gasteiger partial charge >= 0.3 is 0 Å². The van der Waals surface area contributed by atoms with Crippen LogP contribution in [-0.4, -0.2) is 58.5 Å². The summed E-state index contributed by atoms with van der Waals surface area (Å²) in [7, 11) is -1.45. The van der Waals surface area contributed by atoms with Crippen LogP contribution >= 0.6 is 11.6 Å². The van der Waals surface area contributed by atoms with Crippen LogP contribution in [0.4, 0.5) is 5.69 Å². The van der Waals surface area contributed by atoms with E-state index in [9.17, 15) is 18.0 Å². The van der Waals surface area contributed by atoms with Gasteiger partial charge in [-0.2, -0.15) is 0 Å². The van der Waals surface area contributed by atoms with Crippen molar-refractivity contribution in [3.63, 3.8) is 0 Å². The molecule has 0 bridgehead atoms. The fraction of sp³-hybridized carbons (Fsp3) is 0.297. The predicted octanol–water partition coefficient (Wildman–Crippen LogP) is 6.27. The summed E-state index contributed by atoms with van der Waals surface area (Å²) in [4.78, 5) is 29.9. The number of hydrogen-bond acceptors (Lipinski definition) is 6. The van der Waals surface area contributed by atoms with E-state index in [2.05, 4.69) is 5.32 Å². The fourth-order valence-electron chi connectivity index (χ4n) is 5.15. The van der Waals surface area contributed by atoms with E-state index in [4.69, 9.17) is 21.1 Å². The molecule has 11 heteroatoms. The molecule has 0 saturated heterocycles. The molecule has 0 heterocycles. The number of halogens is 1. The number of anilines is 1. The maximum absolute atomic E-state index is 14.6. The molecule has 1 atom stereocenters. The van der Waals surface area contributed by atoms with Gasteiger partial charge in [-0.15, -0.1) is 0 Å². The summed E-state index contributed by atoms with van der Waals surface area (Å²) in [6, 6.07) is 26.6. The molecule has 0 aliphatic heterocycles. The Morgan fingerprint density at radius 3 is 2.12 bits per heavy atom. The lowest BCUT2D eigenvalue weighted by molar-refractivity contribution is -0.140. The molecule has 0 aliphatic carbocycles. The van der Waals surface area contributed by atoms with Crippen LogP contribution in [-0.2, 0) is 32.6 Å². The largest absolute Gasteiger partial charge is 0.493 e. The fourth-order valence-corrected chi connectivity index (χ4v) is 6.80. The average Bonchev–Trinajstić information content (AvgIpc) is 3.08. The smallest absolute Gasteiger partial charge is 0.264 e. The zero-order valence-corrected chi connectivity index (χ0v) is 29.4. The molecular weight excluding hydrogens is 650 g/mol. The van der Waals surface area contributed by atoms with Gasteiger partial charge in [-0.05, 0) is 60.4 Å². The highest BCUT2D eigenvalue weighted by molar-refractivity contribution is 7.92. The van der Waals surface area contributed by atoms with Gasteiger partial charge in [0.25, 0.3) is 10.0 Å². The average molecular weight is 692 g/mol. The monoisotopic (exact) mass is 691 g/mol. The van der Waals surface area contributed by atoms with Crippen molar-refractivity contribution in [2.75, 3.05) is 31.6 Å². The number of nitrogens with one attached hydrogen (secondary N) is 1. The summed E-state index contributed by atoms with van der Waals surface area (Å²) in [6.45, 7) is 5.71. The lowest BCUT2D eigenvalue weighted by atomic mass is 10.0. The van der Waals surface area contributed by atoms with E-state index >= 15 is 0 Å². The van der Waals surface area contributed by atoms with E-state index in [1.165, 1.54) is 37.3 Å². The second kappa shape index (κ2) is 16.5. The minimum atomic E-state index is -4.33. The van der Waals surface area contributed by atoms with Crippen LogP contribution in [0.2, 0.25) is 5.02 Å². The van der Waals surface area contributed by atoms with Crippen LogP contribution < -0.4 is 19.1 Å². The van der Waals surface area contributed by atoms with E-state index < -0.39 is 28.5 Å². The number of carbonyl (C=O) groups excluding carboxylic acids is 2. The van der Waals surface area contributed by atoms with Crippen molar-refractivity contribution < 1.29 is 27.5 Å². The number of rotatable bonds is 15. The first-order valence-corrected chi connectivity index (χ1v) is 17.4. The summed E-state index contributed by atoms with van der Waals surface area (Å²) < 4.78 is 40.5. The zero-order chi connectivity index (χ0) is 34.8. The Morgan fingerprint density at radius 2 is 1.50 bits per heavy atom.